The van der Waals surface area contributed by atoms with Crippen LogP contribution < -0.4 is 0 Å². The third-order valence-corrected chi connectivity index (χ3v) is 1.90. The molecule has 57 valence electrons. The highest BCUT2D eigenvalue weighted by Crippen LogP contribution is 2.15. The molecule has 0 aliphatic heterocycles. The number of rotatable bonds is 1. The molecule has 0 amide bonds. The Hall–Kier alpha value is -0.750. The first kappa shape index (κ1) is 8.35. The zero-order chi connectivity index (χ0) is 8.27. The smallest absolute Gasteiger partial charge is 0.0406 e. The molecule has 0 heterocycles. The average Bonchev–Trinajstić information content (AvgIpc) is 2.05. The largest absolute Gasteiger partial charge is 0.0843 e. The van der Waals surface area contributed by atoms with Crippen LogP contribution in [0.4, 0.5) is 0 Å². The van der Waals surface area contributed by atoms with Crippen molar-refractivity contribution in [3.05, 3.63) is 40.9 Å². The SMILES string of the molecule is C[C]=C(C)c1ccc(Cl)cc1. The van der Waals surface area contributed by atoms with Crippen molar-refractivity contribution in [3.8, 4) is 0 Å². The molecule has 0 spiro atoms. The fourth-order valence-corrected chi connectivity index (χ4v) is 0.970. The number of hydrogen-bond donors (Lipinski definition) is 0. The molecule has 0 fully saturated rings. The monoisotopic (exact) mass is 165 g/mol. The van der Waals surface area contributed by atoms with E-state index in [0.717, 1.165) is 10.6 Å². The van der Waals surface area contributed by atoms with Crippen molar-refractivity contribution in [2.24, 2.45) is 0 Å². The number of hydrogen-bond acceptors (Lipinski definition) is 0. The summed E-state index contributed by atoms with van der Waals surface area (Å²) >= 11 is 5.73. The van der Waals surface area contributed by atoms with Gasteiger partial charge in [-0.2, -0.15) is 0 Å². The second-order valence-corrected chi connectivity index (χ2v) is 2.82. The molecular formula is C10H10Cl. The summed E-state index contributed by atoms with van der Waals surface area (Å²) < 4.78 is 0. The lowest BCUT2D eigenvalue weighted by molar-refractivity contribution is 1.51. The standard InChI is InChI=1S/C10H10Cl/c1-3-8(2)9-4-6-10(11)7-5-9/h4-7H,1-2H3. The van der Waals surface area contributed by atoms with Crippen molar-refractivity contribution in [1.82, 2.24) is 0 Å². The molecule has 1 rings (SSSR count). The Balaban J connectivity index is 2.99. The van der Waals surface area contributed by atoms with Crippen molar-refractivity contribution < 1.29 is 0 Å². The molecule has 1 aromatic carbocycles. The van der Waals surface area contributed by atoms with E-state index in [1.54, 1.807) is 0 Å². The fourth-order valence-electron chi connectivity index (χ4n) is 0.844. The van der Waals surface area contributed by atoms with Gasteiger partial charge in [0, 0.05) is 5.02 Å². The number of benzene rings is 1. The summed E-state index contributed by atoms with van der Waals surface area (Å²) in [4.78, 5) is 0. The van der Waals surface area contributed by atoms with Crippen LogP contribution >= 0.6 is 11.6 Å². The van der Waals surface area contributed by atoms with Crippen LogP contribution in [0.1, 0.15) is 19.4 Å². The Labute approximate surface area is 72.5 Å². The molecular weight excluding hydrogens is 156 g/mol. The van der Waals surface area contributed by atoms with Gasteiger partial charge in [-0.25, -0.2) is 0 Å². The third-order valence-electron chi connectivity index (χ3n) is 1.65. The highest BCUT2D eigenvalue weighted by atomic mass is 35.5. The van der Waals surface area contributed by atoms with Gasteiger partial charge in [0.25, 0.3) is 0 Å². The maximum atomic E-state index is 5.73. The van der Waals surface area contributed by atoms with E-state index in [2.05, 4.69) is 6.08 Å². The van der Waals surface area contributed by atoms with Gasteiger partial charge in [-0.05, 0) is 43.2 Å². The zero-order valence-electron chi connectivity index (χ0n) is 6.69. The normalized spacial score (nSPS) is 11.7. The van der Waals surface area contributed by atoms with Crippen molar-refractivity contribution in [2.75, 3.05) is 0 Å². The second-order valence-electron chi connectivity index (χ2n) is 2.38. The van der Waals surface area contributed by atoms with Gasteiger partial charge in [-0.3, -0.25) is 0 Å². The summed E-state index contributed by atoms with van der Waals surface area (Å²) in [5, 5.41) is 0.776. The topological polar surface area (TPSA) is 0 Å². The predicted octanol–water partition coefficient (Wildman–Crippen LogP) is 3.57. The molecule has 0 saturated carbocycles. The van der Waals surface area contributed by atoms with E-state index in [4.69, 9.17) is 11.6 Å². The lowest BCUT2D eigenvalue weighted by atomic mass is 10.1. The Kier molecular flexibility index (Phi) is 2.72. The lowest BCUT2D eigenvalue weighted by Crippen LogP contribution is -1.76. The first-order valence-corrected chi connectivity index (χ1v) is 3.89. The molecule has 1 radical (unpaired) electrons. The maximum absolute atomic E-state index is 5.73. The molecule has 1 aromatic rings. The van der Waals surface area contributed by atoms with E-state index in [1.165, 1.54) is 5.56 Å². The van der Waals surface area contributed by atoms with Crippen LogP contribution in [0.15, 0.2) is 24.3 Å². The Morgan fingerprint density at radius 1 is 1.27 bits per heavy atom. The molecule has 0 aliphatic carbocycles. The summed E-state index contributed by atoms with van der Waals surface area (Å²) in [6, 6.07) is 7.76. The second kappa shape index (κ2) is 3.59. The van der Waals surface area contributed by atoms with E-state index >= 15 is 0 Å². The van der Waals surface area contributed by atoms with Crippen LogP contribution in [-0.2, 0) is 0 Å². The molecule has 1 heteroatoms. The first-order valence-electron chi connectivity index (χ1n) is 3.51. The van der Waals surface area contributed by atoms with Crippen molar-refractivity contribution >= 4 is 17.2 Å². The number of allylic oxidation sites excluding steroid dienone is 2. The van der Waals surface area contributed by atoms with E-state index in [-0.39, 0.29) is 0 Å². The summed E-state index contributed by atoms with van der Waals surface area (Å²) in [5.41, 5.74) is 2.33. The van der Waals surface area contributed by atoms with Gasteiger partial charge in [0.05, 0.1) is 0 Å². The molecule has 0 aromatic heterocycles. The van der Waals surface area contributed by atoms with E-state index in [9.17, 15) is 0 Å². The van der Waals surface area contributed by atoms with Crippen LogP contribution in [-0.4, -0.2) is 0 Å². The average molecular weight is 166 g/mol. The highest BCUT2D eigenvalue weighted by Gasteiger charge is 1.92. The van der Waals surface area contributed by atoms with Gasteiger partial charge in [0.15, 0.2) is 0 Å². The van der Waals surface area contributed by atoms with E-state index in [0.29, 0.717) is 0 Å². The summed E-state index contributed by atoms with van der Waals surface area (Å²) in [7, 11) is 0. The zero-order valence-corrected chi connectivity index (χ0v) is 7.44. The summed E-state index contributed by atoms with van der Waals surface area (Å²) in [5.74, 6) is 0. The quantitative estimate of drug-likeness (QED) is 0.597. The van der Waals surface area contributed by atoms with E-state index < -0.39 is 0 Å². The minimum Gasteiger partial charge on any atom is -0.0843 e. The highest BCUT2D eigenvalue weighted by molar-refractivity contribution is 6.30. The van der Waals surface area contributed by atoms with Gasteiger partial charge in [0.1, 0.15) is 0 Å². The molecule has 0 aliphatic rings. The van der Waals surface area contributed by atoms with Gasteiger partial charge in [0.2, 0.25) is 0 Å². The van der Waals surface area contributed by atoms with E-state index in [1.807, 2.05) is 38.1 Å². The summed E-state index contributed by atoms with van der Waals surface area (Å²) in [6.45, 7) is 3.94. The Bertz CT molecular complexity index is 257. The first-order chi connectivity index (χ1) is 5.24. The van der Waals surface area contributed by atoms with Crippen LogP contribution in [0.25, 0.3) is 5.57 Å². The Morgan fingerprint density at radius 3 is 2.27 bits per heavy atom. The van der Waals surface area contributed by atoms with Gasteiger partial charge in [-0.15, -0.1) is 0 Å². The van der Waals surface area contributed by atoms with Crippen LogP contribution in [0.5, 0.6) is 0 Å². The fraction of sp³-hybridized carbons (Fsp3) is 0.200. The van der Waals surface area contributed by atoms with Crippen LogP contribution in [0, 0.1) is 6.08 Å². The minimum atomic E-state index is 0.776. The number of halogens is 1. The Morgan fingerprint density at radius 2 is 1.82 bits per heavy atom. The van der Waals surface area contributed by atoms with Crippen LogP contribution in [0.2, 0.25) is 5.02 Å². The summed E-state index contributed by atoms with van der Waals surface area (Å²) in [6.07, 6.45) is 3.07. The van der Waals surface area contributed by atoms with Crippen molar-refractivity contribution in [2.45, 2.75) is 13.8 Å². The predicted molar refractivity (Wildman–Crippen MR) is 49.5 cm³/mol. The van der Waals surface area contributed by atoms with Crippen molar-refractivity contribution in [1.29, 1.82) is 0 Å². The van der Waals surface area contributed by atoms with Gasteiger partial charge < -0.3 is 0 Å². The van der Waals surface area contributed by atoms with Gasteiger partial charge >= 0.3 is 0 Å². The molecule has 0 bridgehead atoms. The maximum Gasteiger partial charge on any atom is 0.0406 e. The molecule has 0 saturated heterocycles. The molecule has 0 unspecified atom stereocenters. The van der Waals surface area contributed by atoms with Crippen molar-refractivity contribution in [3.63, 3.8) is 0 Å². The molecule has 11 heavy (non-hydrogen) atoms. The lowest BCUT2D eigenvalue weighted by Gasteiger charge is -1.98. The minimum absolute atomic E-state index is 0.776. The third kappa shape index (κ3) is 2.09. The molecule has 0 atom stereocenters. The van der Waals surface area contributed by atoms with Crippen LogP contribution in [0.3, 0.4) is 0 Å². The molecule has 0 nitrogen and oxygen atoms in total. The molecule has 0 N–H and O–H groups in total. The van der Waals surface area contributed by atoms with Gasteiger partial charge in [-0.1, -0.05) is 23.7 Å².